The number of hydrogen-bond acceptors (Lipinski definition) is 3. The summed E-state index contributed by atoms with van der Waals surface area (Å²) in [6.45, 7) is 1.83. The lowest BCUT2D eigenvalue weighted by Crippen LogP contribution is -2.21. The van der Waals surface area contributed by atoms with Gasteiger partial charge in [-0.15, -0.1) is 0 Å². The summed E-state index contributed by atoms with van der Waals surface area (Å²) in [5.74, 6) is -0.715. The van der Waals surface area contributed by atoms with Crippen LogP contribution in [-0.4, -0.2) is 22.2 Å². The SMILES string of the molecule is Cc1ccc(C(=O)O)c(OC2CCCCC2)n1. The molecule has 0 radical (unpaired) electrons. The molecule has 1 saturated carbocycles. The lowest BCUT2D eigenvalue weighted by atomic mass is 9.98. The van der Waals surface area contributed by atoms with E-state index >= 15 is 0 Å². The van der Waals surface area contributed by atoms with E-state index in [0.717, 1.165) is 31.4 Å². The van der Waals surface area contributed by atoms with Crippen LogP contribution in [0, 0.1) is 6.92 Å². The van der Waals surface area contributed by atoms with Crippen molar-refractivity contribution in [1.29, 1.82) is 0 Å². The Morgan fingerprint density at radius 1 is 1.35 bits per heavy atom. The minimum Gasteiger partial charge on any atom is -0.477 e. The third-order valence-electron chi connectivity index (χ3n) is 3.06. The van der Waals surface area contributed by atoms with Gasteiger partial charge >= 0.3 is 5.97 Å². The lowest BCUT2D eigenvalue weighted by Gasteiger charge is -2.23. The highest BCUT2D eigenvalue weighted by Gasteiger charge is 2.19. The molecule has 0 unspecified atom stereocenters. The van der Waals surface area contributed by atoms with E-state index in [4.69, 9.17) is 9.84 Å². The summed E-state index contributed by atoms with van der Waals surface area (Å²) in [5.41, 5.74) is 0.932. The number of carboxylic acid groups (broad SMARTS) is 1. The first kappa shape index (κ1) is 11.9. The van der Waals surface area contributed by atoms with Crippen LogP contribution >= 0.6 is 0 Å². The molecule has 1 fully saturated rings. The number of pyridine rings is 1. The average molecular weight is 235 g/mol. The normalized spacial score (nSPS) is 16.8. The van der Waals surface area contributed by atoms with Crippen LogP contribution < -0.4 is 4.74 Å². The van der Waals surface area contributed by atoms with Crippen LogP contribution in [0.1, 0.15) is 48.2 Å². The molecule has 4 nitrogen and oxygen atoms in total. The smallest absolute Gasteiger partial charge is 0.341 e. The second-order valence-corrected chi connectivity index (χ2v) is 4.49. The molecule has 1 heterocycles. The molecule has 0 bridgehead atoms. The lowest BCUT2D eigenvalue weighted by molar-refractivity contribution is 0.0683. The number of aromatic carboxylic acids is 1. The maximum absolute atomic E-state index is 11.1. The molecule has 1 aliphatic rings. The monoisotopic (exact) mass is 235 g/mol. The van der Waals surface area contributed by atoms with Crippen LogP contribution in [0.4, 0.5) is 0 Å². The maximum atomic E-state index is 11.1. The number of aromatic nitrogens is 1. The third-order valence-corrected chi connectivity index (χ3v) is 3.06. The molecule has 0 atom stereocenters. The molecule has 2 rings (SSSR count). The van der Waals surface area contributed by atoms with Crippen molar-refractivity contribution >= 4 is 5.97 Å². The topological polar surface area (TPSA) is 59.4 Å². The fraction of sp³-hybridized carbons (Fsp3) is 0.538. The van der Waals surface area contributed by atoms with Crippen molar-refractivity contribution in [3.8, 4) is 5.88 Å². The van der Waals surface area contributed by atoms with E-state index in [9.17, 15) is 4.79 Å². The minimum absolute atomic E-state index is 0.121. The van der Waals surface area contributed by atoms with E-state index in [1.165, 1.54) is 6.42 Å². The van der Waals surface area contributed by atoms with Gasteiger partial charge in [0, 0.05) is 5.69 Å². The van der Waals surface area contributed by atoms with E-state index in [1.807, 2.05) is 6.92 Å². The molecule has 0 saturated heterocycles. The molecule has 4 heteroatoms. The van der Waals surface area contributed by atoms with Crippen molar-refractivity contribution in [1.82, 2.24) is 4.98 Å². The summed E-state index contributed by atoms with van der Waals surface area (Å²) >= 11 is 0. The summed E-state index contributed by atoms with van der Waals surface area (Å²) in [7, 11) is 0. The van der Waals surface area contributed by atoms with Crippen molar-refractivity contribution < 1.29 is 14.6 Å². The first-order valence-corrected chi connectivity index (χ1v) is 6.04. The Labute approximate surface area is 101 Å². The molecule has 1 aromatic rings. The largest absolute Gasteiger partial charge is 0.477 e. The van der Waals surface area contributed by atoms with Crippen LogP contribution in [0.3, 0.4) is 0 Å². The molecular formula is C13H17NO3. The number of hydrogen-bond donors (Lipinski definition) is 1. The van der Waals surface area contributed by atoms with Gasteiger partial charge in [-0.3, -0.25) is 0 Å². The molecule has 0 spiro atoms. The van der Waals surface area contributed by atoms with Crippen molar-refractivity contribution in [3.05, 3.63) is 23.4 Å². The zero-order valence-electron chi connectivity index (χ0n) is 9.98. The van der Waals surface area contributed by atoms with E-state index < -0.39 is 5.97 Å². The highest BCUT2D eigenvalue weighted by molar-refractivity contribution is 5.90. The van der Waals surface area contributed by atoms with E-state index in [2.05, 4.69) is 4.98 Å². The van der Waals surface area contributed by atoms with Gasteiger partial charge in [0.25, 0.3) is 0 Å². The van der Waals surface area contributed by atoms with Gasteiger partial charge in [-0.1, -0.05) is 6.42 Å². The number of carbonyl (C=O) groups is 1. The summed E-state index contributed by atoms with van der Waals surface area (Å²) in [6, 6.07) is 3.25. The van der Waals surface area contributed by atoms with Crippen molar-refractivity contribution in [2.75, 3.05) is 0 Å². The van der Waals surface area contributed by atoms with Gasteiger partial charge in [-0.2, -0.15) is 0 Å². The van der Waals surface area contributed by atoms with Gasteiger partial charge in [0.05, 0.1) is 0 Å². The number of carboxylic acids is 1. The average Bonchev–Trinajstić information content (AvgIpc) is 2.30. The predicted molar refractivity (Wildman–Crippen MR) is 63.4 cm³/mol. The van der Waals surface area contributed by atoms with E-state index in [1.54, 1.807) is 12.1 Å². The van der Waals surface area contributed by atoms with Crippen LogP contribution in [0.2, 0.25) is 0 Å². The zero-order valence-corrected chi connectivity index (χ0v) is 9.98. The first-order chi connectivity index (χ1) is 8.16. The number of ether oxygens (including phenoxy) is 1. The second kappa shape index (κ2) is 5.17. The molecular weight excluding hydrogens is 218 g/mol. The standard InChI is InChI=1S/C13H17NO3/c1-9-7-8-11(13(15)16)12(14-9)17-10-5-3-2-4-6-10/h7-8,10H,2-6H2,1H3,(H,15,16). The summed E-state index contributed by atoms with van der Waals surface area (Å²) < 4.78 is 5.74. The molecule has 0 amide bonds. The fourth-order valence-corrected chi connectivity index (χ4v) is 2.13. The van der Waals surface area contributed by atoms with Crippen molar-refractivity contribution in [2.24, 2.45) is 0 Å². The molecule has 1 aromatic heterocycles. The highest BCUT2D eigenvalue weighted by Crippen LogP contribution is 2.24. The first-order valence-electron chi connectivity index (χ1n) is 6.04. The molecule has 92 valence electrons. The Morgan fingerprint density at radius 2 is 2.06 bits per heavy atom. The van der Waals surface area contributed by atoms with Gasteiger partial charge < -0.3 is 9.84 Å². The Morgan fingerprint density at radius 3 is 2.71 bits per heavy atom. The number of nitrogens with zero attached hydrogens (tertiary/aromatic N) is 1. The molecule has 17 heavy (non-hydrogen) atoms. The number of rotatable bonds is 3. The third kappa shape index (κ3) is 2.96. The van der Waals surface area contributed by atoms with Crippen molar-refractivity contribution in [2.45, 2.75) is 45.1 Å². The Hall–Kier alpha value is -1.58. The van der Waals surface area contributed by atoms with Gasteiger partial charge in [-0.25, -0.2) is 9.78 Å². The highest BCUT2D eigenvalue weighted by atomic mass is 16.5. The van der Waals surface area contributed by atoms with E-state index in [0.29, 0.717) is 0 Å². The van der Waals surface area contributed by atoms with Crippen molar-refractivity contribution in [3.63, 3.8) is 0 Å². The quantitative estimate of drug-likeness (QED) is 0.875. The van der Waals surface area contributed by atoms with E-state index in [-0.39, 0.29) is 17.5 Å². The minimum atomic E-state index is -0.983. The second-order valence-electron chi connectivity index (χ2n) is 4.49. The maximum Gasteiger partial charge on any atom is 0.341 e. The molecule has 0 aliphatic heterocycles. The molecule has 1 N–H and O–H groups in total. The Kier molecular flexibility index (Phi) is 3.61. The van der Waals surface area contributed by atoms with Crippen LogP contribution in [0.25, 0.3) is 0 Å². The van der Waals surface area contributed by atoms with Crippen LogP contribution in [-0.2, 0) is 0 Å². The summed E-state index contributed by atoms with van der Waals surface area (Å²) in [6.07, 6.45) is 5.66. The summed E-state index contributed by atoms with van der Waals surface area (Å²) in [5, 5.41) is 9.07. The predicted octanol–water partition coefficient (Wildman–Crippen LogP) is 2.80. The number of aryl methyl sites for hydroxylation is 1. The Balaban J connectivity index is 2.17. The van der Waals surface area contributed by atoms with Gasteiger partial charge in [-0.05, 0) is 44.7 Å². The molecule has 0 aromatic carbocycles. The van der Waals surface area contributed by atoms with Gasteiger partial charge in [0.2, 0.25) is 5.88 Å². The summed E-state index contributed by atoms with van der Waals surface area (Å²) in [4.78, 5) is 15.2. The van der Waals surface area contributed by atoms with Gasteiger partial charge in [0.15, 0.2) is 0 Å². The van der Waals surface area contributed by atoms with Crippen LogP contribution in [0.5, 0.6) is 5.88 Å². The van der Waals surface area contributed by atoms with Crippen LogP contribution in [0.15, 0.2) is 12.1 Å². The molecule has 1 aliphatic carbocycles. The van der Waals surface area contributed by atoms with Gasteiger partial charge in [0.1, 0.15) is 11.7 Å². The Bertz CT molecular complexity index is 411. The zero-order chi connectivity index (χ0) is 12.3. The fourth-order valence-electron chi connectivity index (χ4n) is 2.13.